The summed E-state index contributed by atoms with van der Waals surface area (Å²) in [6.07, 6.45) is 2.04. The lowest BCUT2D eigenvalue weighted by molar-refractivity contribution is 0.193. The lowest BCUT2D eigenvalue weighted by Gasteiger charge is -2.32. The number of fused-ring (bicyclic) bond motifs is 2. The maximum Gasteiger partial charge on any atom is 0.234 e. The summed E-state index contributed by atoms with van der Waals surface area (Å²) in [5.41, 5.74) is 7.28. The quantitative estimate of drug-likeness (QED) is 0.354. The first kappa shape index (κ1) is 26.0. The molecule has 2 saturated heterocycles. The zero-order valence-electron chi connectivity index (χ0n) is 21.2. The van der Waals surface area contributed by atoms with E-state index in [4.69, 9.17) is 22.1 Å². The van der Waals surface area contributed by atoms with Gasteiger partial charge >= 0.3 is 0 Å². The van der Waals surface area contributed by atoms with Crippen LogP contribution in [0.4, 0.5) is 19.6 Å². The molecule has 39 heavy (non-hydrogen) atoms. The Hall–Kier alpha value is -3.30. The van der Waals surface area contributed by atoms with Gasteiger partial charge in [-0.3, -0.25) is 0 Å². The molecule has 0 saturated carbocycles. The molecule has 2 aromatic carbocycles. The van der Waals surface area contributed by atoms with Crippen molar-refractivity contribution in [3.05, 3.63) is 40.4 Å². The lowest BCUT2D eigenvalue weighted by atomic mass is 9.99. The molecule has 2 fully saturated rings. The van der Waals surface area contributed by atoms with Crippen molar-refractivity contribution in [2.24, 2.45) is 0 Å². The number of halogens is 3. The number of ether oxygens (including phenoxy) is 1. The molecule has 0 radical (unpaired) electrons. The van der Waals surface area contributed by atoms with Gasteiger partial charge in [0.25, 0.3) is 0 Å². The third kappa shape index (κ3) is 4.51. The highest BCUT2D eigenvalue weighted by molar-refractivity contribution is 7.22. The zero-order chi connectivity index (χ0) is 27.3. The Morgan fingerprint density at radius 3 is 2.74 bits per heavy atom. The van der Waals surface area contributed by atoms with Crippen LogP contribution in [-0.2, 0) is 0 Å². The fourth-order valence-corrected chi connectivity index (χ4v) is 6.58. The van der Waals surface area contributed by atoms with Crippen molar-refractivity contribution in [1.29, 1.82) is 5.26 Å². The van der Waals surface area contributed by atoms with Crippen molar-refractivity contribution in [3.8, 4) is 23.1 Å². The van der Waals surface area contributed by atoms with Gasteiger partial charge in [-0.15, -0.1) is 0 Å². The summed E-state index contributed by atoms with van der Waals surface area (Å²) in [7, 11) is 2.04. The fourth-order valence-electron chi connectivity index (χ4n) is 5.52. The summed E-state index contributed by atoms with van der Waals surface area (Å²) in [6, 6.07) is 6.77. The van der Waals surface area contributed by atoms with E-state index in [2.05, 4.69) is 26.3 Å². The highest BCUT2D eigenvalue weighted by atomic mass is 35.5. The standard InChI is InChI=1S/C27H26ClF2N7OS/c1-36-8-2-3-14(36)13-38-26-17(12-31)24(37-9-6-33-7-10-37)16-11-18(28)20(21(30)22(16)34-26)15-4-5-19(29)25-23(15)35-27(32)39-25/h4-5,11,14,33H,2-3,6-10,13H2,1H3,(H2,32,35)/t14-/m0/s1. The molecule has 3 N–H and O–H groups in total. The van der Waals surface area contributed by atoms with E-state index in [1.807, 2.05) is 11.9 Å². The van der Waals surface area contributed by atoms with Gasteiger partial charge in [-0.1, -0.05) is 22.9 Å². The first-order valence-corrected chi connectivity index (χ1v) is 14.0. The van der Waals surface area contributed by atoms with E-state index in [1.165, 1.54) is 12.1 Å². The minimum absolute atomic E-state index is 0.0254. The number of nitrogen functional groups attached to an aromatic ring is 1. The average Bonchev–Trinajstić information content (AvgIpc) is 3.53. The summed E-state index contributed by atoms with van der Waals surface area (Å²) in [5.74, 6) is -1.10. The molecular weight excluding hydrogens is 544 g/mol. The Bertz CT molecular complexity index is 1630. The first-order valence-electron chi connectivity index (χ1n) is 12.8. The third-order valence-corrected chi connectivity index (χ3v) is 8.71. The normalized spacial score (nSPS) is 18.2. The van der Waals surface area contributed by atoms with E-state index >= 15 is 4.39 Å². The molecule has 12 heteroatoms. The van der Waals surface area contributed by atoms with Gasteiger partial charge in [-0.25, -0.2) is 18.7 Å². The van der Waals surface area contributed by atoms with Gasteiger partial charge in [0, 0.05) is 48.7 Å². The molecule has 4 aromatic rings. The Kier molecular flexibility index (Phi) is 6.89. The second-order valence-electron chi connectivity index (χ2n) is 9.85. The third-order valence-electron chi connectivity index (χ3n) is 7.52. The molecule has 8 nitrogen and oxygen atoms in total. The monoisotopic (exact) mass is 569 g/mol. The van der Waals surface area contributed by atoms with Crippen LogP contribution in [0, 0.1) is 23.0 Å². The Morgan fingerprint density at radius 1 is 1.23 bits per heavy atom. The largest absolute Gasteiger partial charge is 0.475 e. The smallest absolute Gasteiger partial charge is 0.234 e. The van der Waals surface area contributed by atoms with Gasteiger partial charge in [0.15, 0.2) is 10.9 Å². The number of nitrogens with zero attached hydrogens (tertiary/aromatic N) is 5. The van der Waals surface area contributed by atoms with E-state index < -0.39 is 11.6 Å². The number of hydrogen-bond donors (Lipinski definition) is 2. The molecule has 0 aliphatic carbocycles. The zero-order valence-corrected chi connectivity index (χ0v) is 22.8. The minimum Gasteiger partial charge on any atom is -0.475 e. The fraction of sp³-hybridized carbons (Fsp3) is 0.370. The number of likely N-dealkylation sites (tertiary alicyclic amines) is 1. The minimum atomic E-state index is -0.694. The van der Waals surface area contributed by atoms with Crippen molar-refractivity contribution in [1.82, 2.24) is 20.2 Å². The first-order chi connectivity index (χ1) is 18.9. The summed E-state index contributed by atoms with van der Waals surface area (Å²) in [4.78, 5) is 13.1. The van der Waals surface area contributed by atoms with Gasteiger partial charge in [0.1, 0.15) is 29.6 Å². The average molecular weight is 570 g/mol. The van der Waals surface area contributed by atoms with Gasteiger partial charge in [0.2, 0.25) is 5.88 Å². The van der Waals surface area contributed by atoms with Crippen LogP contribution in [0.15, 0.2) is 18.2 Å². The number of nitrogens with two attached hydrogens (primary N) is 1. The summed E-state index contributed by atoms with van der Waals surface area (Å²) in [6.45, 7) is 3.98. The van der Waals surface area contributed by atoms with Crippen LogP contribution in [0.1, 0.15) is 18.4 Å². The molecule has 1 atom stereocenters. The number of piperazine rings is 1. The maximum atomic E-state index is 16.5. The number of anilines is 2. The second-order valence-corrected chi connectivity index (χ2v) is 11.3. The molecular formula is C27H26ClF2N7OS. The number of benzene rings is 2. The van der Waals surface area contributed by atoms with E-state index in [-0.39, 0.29) is 48.9 Å². The molecule has 202 valence electrons. The molecule has 0 unspecified atom stereocenters. The van der Waals surface area contributed by atoms with Crippen molar-refractivity contribution in [3.63, 3.8) is 0 Å². The molecule has 4 heterocycles. The number of likely N-dealkylation sites (N-methyl/N-ethyl adjacent to an activating group) is 1. The van der Waals surface area contributed by atoms with Gasteiger partial charge < -0.3 is 25.6 Å². The predicted molar refractivity (Wildman–Crippen MR) is 151 cm³/mol. The number of hydrogen-bond acceptors (Lipinski definition) is 9. The SMILES string of the molecule is CN1CCC[C@H]1COc1nc2c(F)c(-c3ccc(F)c4sc(N)nc34)c(Cl)cc2c(N2CCNCC2)c1C#N. The molecule has 2 aliphatic heterocycles. The van der Waals surface area contributed by atoms with Gasteiger partial charge in [-0.2, -0.15) is 5.26 Å². The van der Waals surface area contributed by atoms with E-state index in [1.54, 1.807) is 6.07 Å². The Balaban J connectivity index is 1.57. The maximum absolute atomic E-state index is 16.5. The molecule has 0 spiro atoms. The number of pyridine rings is 1. The van der Waals surface area contributed by atoms with Crippen LogP contribution in [0.5, 0.6) is 5.88 Å². The van der Waals surface area contributed by atoms with Crippen molar-refractivity contribution in [2.75, 3.05) is 57.0 Å². The highest BCUT2D eigenvalue weighted by Crippen LogP contribution is 2.44. The number of nitrogens with one attached hydrogen (secondary N) is 1. The molecule has 0 amide bonds. The topological polar surface area (TPSA) is 103 Å². The van der Waals surface area contributed by atoms with Gasteiger partial charge in [0.05, 0.1) is 20.9 Å². The van der Waals surface area contributed by atoms with Crippen molar-refractivity contribution >= 4 is 54.9 Å². The molecule has 2 aromatic heterocycles. The van der Waals surface area contributed by atoms with E-state index in [0.717, 1.165) is 30.7 Å². The van der Waals surface area contributed by atoms with Crippen molar-refractivity contribution < 1.29 is 13.5 Å². The second kappa shape index (κ2) is 10.4. The number of thiazole rings is 1. The van der Waals surface area contributed by atoms with Crippen LogP contribution < -0.4 is 20.7 Å². The Morgan fingerprint density at radius 2 is 2.03 bits per heavy atom. The number of aromatic nitrogens is 2. The highest BCUT2D eigenvalue weighted by Gasteiger charge is 2.29. The van der Waals surface area contributed by atoms with E-state index in [0.29, 0.717) is 49.4 Å². The van der Waals surface area contributed by atoms with Gasteiger partial charge in [-0.05, 0) is 44.6 Å². The molecule has 2 aliphatic rings. The molecule has 0 bridgehead atoms. The summed E-state index contributed by atoms with van der Waals surface area (Å²) >= 11 is 7.72. The van der Waals surface area contributed by atoms with Crippen LogP contribution >= 0.6 is 22.9 Å². The summed E-state index contributed by atoms with van der Waals surface area (Å²) in [5, 5.41) is 14.2. The van der Waals surface area contributed by atoms with Crippen molar-refractivity contribution in [2.45, 2.75) is 18.9 Å². The summed E-state index contributed by atoms with van der Waals surface area (Å²) < 4.78 is 37.4. The number of rotatable bonds is 5. The molecule has 6 rings (SSSR count). The van der Waals surface area contributed by atoms with Crippen LogP contribution in [0.25, 0.3) is 32.2 Å². The van der Waals surface area contributed by atoms with Crippen LogP contribution in [0.3, 0.4) is 0 Å². The van der Waals surface area contributed by atoms with Crippen LogP contribution in [-0.4, -0.2) is 67.3 Å². The number of nitriles is 1. The lowest BCUT2D eigenvalue weighted by Crippen LogP contribution is -2.44. The van der Waals surface area contributed by atoms with E-state index in [9.17, 15) is 9.65 Å². The predicted octanol–water partition coefficient (Wildman–Crippen LogP) is 4.78. The Labute approximate surface area is 232 Å². The van der Waals surface area contributed by atoms with Crippen LogP contribution in [0.2, 0.25) is 5.02 Å².